The maximum absolute atomic E-state index is 5.29. The molecule has 0 saturated heterocycles. The van der Waals surface area contributed by atoms with Crippen LogP contribution in [0.5, 0.6) is 0 Å². The van der Waals surface area contributed by atoms with Gasteiger partial charge in [-0.25, -0.2) is 0 Å². The summed E-state index contributed by atoms with van der Waals surface area (Å²) in [6.07, 6.45) is 3.68. The third-order valence-electron chi connectivity index (χ3n) is 4.04. The lowest BCUT2D eigenvalue weighted by molar-refractivity contribution is -0.122. The van der Waals surface area contributed by atoms with Gasteiger partial charge in [-0.3, -0.25) is 0 Å². The largest absolute Gasteiger partial charge is 0.354 e. The predicted molar refractivity (Wildman–Crippen MR) is 71.0 cm³/mol. The Balaban J connectivity index is 2.47. The summed E-state index contributed by atoms with van der Waals surface area (Å²) in [4.78, 5) is 0. The van der Waals surface area contributed by atoms with E-state index in [1.165, 1.54) is 19.3 Å². The minimum absolute atomic E-state index is 0.155. The molecule has 0 aromatic rings. The standard InChI is InChI=1S/C14H29NO2/c1-10-9-14(3,4)8-7-12(10)15-11(2)13(16-5)17-6/h10-13,15H,7-9H2,1-6H3. The van der Waals surface area contributed by atoms with Gasteiger partial charge >= 0.3 is 0 Å². The first kappa shape index (κ1) is 14.9. The Kier molecular flexibility index (Phi) is 5.42. The van der Waals surface area contributed by atoms with E-state index in [0.717, 1.165) is 5.92 Å². The average molecular weight is 243 g/mol. The fourth-order valence-corrected chi connectivity index (χ4v) is 3.12. The van der Waals surface area contributed by atoms with Crippen LogP contribution in [-0.4, -0.2) is 32.6 Å². The van der Waals surface area contributed by atoms with Crippen LogP contribution in [0.3, 0.4) is 0 Å². The first-order valence-electron chi connectivity index (χ1n) is 6.71. The molecule has 3 atom stereocenters. The number of methoxy groups -OCH3 is 2. The monoisotopic (exact) mass is 243 g/mol. The molecule has 0 bridgehead atoms. The second kappa shape index (κ2) is 6.17. The molecule has 1 aliphatic rings. The van der Waals surface area contributed by atoms with Crippen molar-refractivity contribution >= 4 is 0 Å². The van der Waals surface area contributed by atoms with Crippen LogP contribution in [0.2, 0.25) is 0 Å². The van der Waals surface area contributed by atoms with Crippen LogP contribution in [0.4, 0.5) is 0 Å². The Morgan fingerprint density at radius 1 is 1.24 bits per heavy atom. The van der Waals surface area contributed by atoms with E-state index in [2.05, 4.69) is 33.0 Å². The lowest BCUT2D eigenvalue weighted by Gasteiger charge is -2.41. The van der Waals surface area contributed by atoms with E-state index < -0.39 is 0 Å². The van der Waals surface area contributed by atoms with Gasteiger partial charge in [0.2, 0.25) is 0 Å². The zero-order valence-electron chi connectivity index (χ0n) is 12.2. The van der Waals surface area contributed by atoms with E-state index in [9.17, 15) is 0 Å². The third kappa shape index (κ3) is 4.23. The fourth-order valence-electron chi connectivity index (χ4n) is 3.12. The molecule has 3 nitrogen and oxygen atoms in total. The summed E-state index contributed by atoms with van der Waals surface area (Å²) in [5.41, 5.74) is 0.503. The molecule has 0 amide bonds. The number of hydrogen-bond acceptors (Lipinski definition) is 3. The minimum atomic E-state index is -0.155. The number of ether oxygens (including phenoxy) is 2. The molecule has 0 spiro atoms. The SMILES string of the molecule is COC(OC)C(C)NC1CCC(C)(C)CC1C. The molecule has 0 radical (unpaired) electrons. The Bertz CT molecular complexity index is 226. The van der Waals surface area contributed by atoms with Crippen molar-refractivity contribution in [3.63, 3.8) is 0 Å². The van der Waals surface area contributed by atoms with Crippen molar-refractivity contribution in [3.05, 3.63) is 0 Å². The molecule has 0 aromatic heterocycles. The molecule has 0 aliphatic heterocycles. The van der Waals surface area contributed by atoms with Crippen LogP contribution in [0.25, 0.3) is 0 Å². The molecule has 17 heavy (non-hydrogen) atoms. The highest BCUT2D eigenvalue weighted by Crippen LogP contribution is 2.38. The van der Waals surface area contributed by atoms with Gasteiger partial charge < -0.3 is 14.8 Å². The maximum Gasteiger partial charge on any atom is 0.171 e. The van der Waals surface area contributed by atoms with Crippen molar-refractivity contribution in [1.29, 1.82) is 0 Å². The van der Waals surface area contributed by atoms with Crippen LogP contribution >= 0.6 is 0 Å². The van der Waals surface area contributed by atoms with E-state index in [4.69, 9.17) is 9.47 Å². The van der Waals surface area contributed by atoms with Crippen molar-refractivity contribution in [2.24, 2.45) is 11.3 Å². The van der Waals surface area contributed by atoms with Crippen LogP contribution < -0.4 is 5.32 Å². The first-order chi connectivity index (χ1) is 7.89. The first-order valence-corrected chi connectivity index (χ1v) is 6.71. The summed E-state index contributed by atoms with van der Waals surface area (Å²) in [6.45, 7) is 9.22. The molecule has 1 N–H and O–H groups in total. The molecule has 1 aliphatic carbocycles. The molecule has 3 unspecified atom stereocenters. The predicted octanol–water partition coefficient (Wildman–Crippen LogP) is 2.80. The third-order valence-corrected chi connectivity index (χ3v) is 4.04. The van der Waals surface area contributed by atoms with Crippen molar-refractivity contribution in [2.45, 2.75) is 65.3 Å². The van der Waals surface area contributed by atoms with Crippen molar-refractivity contribution in [1.82, 2.24) is 5.32 Å². The summed E-state index contributed by atoms with van der Waals surface area (Å²) in [5.74, 6) is 0.718. The molecule has 102 valence electrons. The Hall–Kier alpha value is -0.120. The minimum Gasteiger partial charge on any atom is -0.354 e. The zero-order valence-corrected chi connectivity index (χ0v) is 12.2. The van der Waals surface area contributed by atoms with Gasteiger partial charge in [-0.05, 0) is 37.5 Å². The van der Waals surface area contributed by atoms with Crippen LogP contribution in [-0.2, 0) is 9.47 Å². The molecule has 0 aromatic carbocycles. The van der Waals surface area contributed by atoms with Crippen LogP contribution in [0.1, 0.15) is 47.0 Å². The van der Waals surface area contributed by atoms with Crippen LogP contribution in [0.15, 0.2) is 0 Å². The van der Waals surface area contributed by atoms with Gasteiger partial charge in [-0.15, -0.1) is 0 Å². The van der Waals surface area contributed by atoms with E-state index >= 15 is 0 Å². The zero-order chi connectivity index (χ0) is 13.1. The average Bonchev–Trinajstić information content (AvgIpc) is 2.23. The number of hydrogen-bond donors (Lipinski definition) is 1. The quantitative estimate of drug-likeness (QED) is 0.753. The molecule has 3 heteroatoms. The summed E-state index contributed by atoms with van der Waals surface area (Å²) < 4.78 is 10.6. The normalized spacial score (nSPS) is 30.5. The smallest absolute Gasteiger partial charge is 0.171 e. The summed E-state index contributed by atoms with van der Waals surface area (Å²) in [6, 6.07) is 0.824. The summed E-state index contributed by atoms with van der Waals surface area (Å²) in [7, 11) is 3.39. The molecule has 0 heterocycles. The second-order valence-corrected chi connectivity index (χ2v) is 6.29. The molecular formula is C14H29NO2. The van der Waals surface area contributed by atoms with E-state index in [1.807, 2.05) is 0 Å². The molecule has 1 fully saturated rings. The van der Waals surface area contributed by atoms with Gasteiger partial charge in [0.05, 0.1) is 6.04 Å². The highest BCUT2D eigenvalue weighted by molar-refractivity contribution is 4.88. The van der Waals surface area contributed by atoms with Gasteiger partial charge in [0.15, 0.2) is 6.29 Å². The van der Waals surface area contributed by atoms with Gasteiger partial charge in [-0.1, -0.05) is 20.8 Å². The van der Waals surface area contributed by atoms with Crippen molar-refractivity contribution < 1.29 is 9.47 Å². The van der Waals surface area contributed by atoms with E-state index in [1.54, 1.807) is 14.2 Å². The number of rotatable bonds is 5. The highest BCUT2D eigenvalue weighted by Gasteiger charge is 2.33. The second-order valence-electron chi connectivity index (χ2n) is 6.29. The lowest BCUT2D eigenvalue weighted by atomic mass is 9.70. The molecular weight excluding hydrogens is 214 g/mol. The van der Waals surface area contributed by atoms with Gasteiger partial charge in [-0.2, -0.15) is 0 Å². The maximum atomic E-state index is 5.29. The topological polar surface area (TPSA) is 30.5 Å². The molecule has 1 rings (SSSR count). The lowest BCUT2D eigenvalue weighted by Crippen LogP contribution is -2.50. The van der Waals surface area contributed by atoms with Crippen LogP contribution in [0, 0.1) is 11.3 Å². The summed E-state index contributed by atoms with van der Waals surface area (Å²) in [5, 5.41) is 3.66. The van der Waals surface area contributed by atoms with E-state index in [-0.39, 0.29) is 12.3 Å². The Morgan fingerprint density at radius 3 is 2.29 bits per heavy atom. The highest BCUT2D eigenvalue weighted by atomic mass is 16.7. The van der Waals surface area contributed by atoms with Gasteiger partial charge in [0.1, 0.15) is 0 Å². The van der Waals surface area contributed by atoms with Crippen molar-refractivity contribution in [2.75, 3.05) is 14.2 Å². The Labute approximate surface area is 106 Å². The van der Waals surface area contributed by atoms with Gasteiger partial charge in [0.25, 0.3) is 0 Å². The fraction of sp³-hybridized carbons (Fsp3) is 1.00. The molecule has 1 saturated carbocycles. The van der Waals surface area contributed by atoms with Crippen molar-refractivity contribution in [3.8, 4) is 0 Å². The summed E-state index contributed by atoms with van der Waals surface area (Å²) >= 11 is 0. The van der Waals surface area contributed by atoms with Gasteiger partial charge in [0, 0.05) is 20.3 Å². The Morgan fingerprint density at radius 2 is 1.82 bits per heavy atom. The number of nitrogens with one attached hydrogen (secondary N) is 1. The van der Waals surface area contributed by atoms with E-state index in [0.29, 0.717) is 11.5 Å².